The summed E-state index contributed by atoms with van der Waals surface area (Å²) in [7, 11) is 0. The highest BCUT2D eigenvalue weighted by Crippen LogP contribution is 2.51. The van der Waals surface area contributed by atoms with Gasteiger partial charge in [0.25, 0.3) is 0 Å². The van der Waals surface area contributed by atoms with Crippen molar-refractivity contribution in [3.63, 3.8) is 0 Å². The maximum atomic E-state index is 2.38. The minimum Gasteiger partial charge on any atom is -0.301 e. The third kappa shape index (κ3) is 4.76. The van der Waals surface area contributed by atoms with Crippen molar-refractivity contribution in [1.82, 2.24) is 0 Å². The summed E-state index contributed by atoms with van der Waals surface area (Å²) in [6, 6.07) is 42.8. The molecule has 0 aliphatic carbocycles. The Morgan fingerprint density at radius 2 is 0.848 bits per heavy atom. The van der Waals surface area contributed by atoms with Gasteiger partial charge >= 0.3 is 0 Å². The molecule has 0 bridgehead atoms. The van der Waals surface area contributed by atoms with Crippen molar-refractivity contribution in [2.24, 2.45) is 0 Å². The summed E-state index contributed by atoms with van der Waals surface area (Å²) >= 11 is 1.85. The molecule has 0 spiro atoms. The van der Waals surface area contributed by atoms with Gasteiger partial charge < -0.3 is 4.90 Å². The van der Waals surface area contributed by atoms with Crippen LogP contribution in [0.3, 0.4) is 0 Å². The van der Waals surface area contributed by atoms with Gasteiger partial charge in [0.2, 0.25) is 0 Å². The molecule has 0 radical (unpaired) electrons. The van der Waals surface area contributed by atoms with Gasteiger partial charge in [0.1, 0.15) is 5.00 Å². The summed E-state index contributed by atoms with van der Waals surface area (Å²) in [5.74, 6) is 0. The molecule has 164 valence electrons. The molecule has 0 saturated heterocycles. The highest BCUT2D eigenvalue weighted by atomic mass is 32.1. The van der Waals surface area contributed by atoms with E-state index >= 15 is 0 Å². The van der Waals surface area contributed by atoms with E-state index < -0.39 is 0 Å². The van der Waals surface area contributed by atoms with Crippen molar-refractivity contribution >= 4 is 27.7 Å². The molecule has 0 aliphatic rings. The lowest BCUT2D eigenvalue weighted by Crippen LogP contribution is -2.09. The van der Waals surface area contributed by atoms with Crippen LogP contribution in [0.5, 0.6) is 0 Å². The fourth-order valence-corrected chi connectivity index (χ4v) is 5.29. The van der Waals surface area contributed by atoms with Crippen molar-refractivity contribution in [2.45, 2.75) is 20.8 Å². The Bertz CT molecular complexity index is 1220. The molecule has 0 N–H and O–H groups in total. The number of anilines is 3. The van der Waals surface area contributed by atoms with E-state index in [-0.39, 0.29) is 0 Å². The predicted octanol–water partition coefficient (Wildman–Crippen LogP) is 9.89. The maximum absolute atomic E-state index is 2.38. The van der Waals surface area contributed by atoms with Crippen LogP contribution in [0.2, 0.25) is 0 Å². The minimum atomic E-state index is 1.16. The first kappa shape index (κ1) is 22.6. The van der Waals surface area contributed by atoms with Crippen molar-refractivity contribution in [2.75, 3.05) is 4.90 Å². The van der Waals surface area contributed by atoms with Gasteiger partial charge in [-0.15, -0.1) is 11.3 Å². The van der Waals surface area contributed by atoms with Gasteiger partial charge in [-0.25, -0.2) is 0 Å². The van der Waals surface area contributed by atoms with Crippen LogP contribution < -0.4 is 4.90 Å². The van der Waals surface area contributed by atoms with Crippen LogP contribution in [0.4, 0.5) is 16.4 Å². The number of rotatable bonds is 5. The zero-order valence-electron chi connectivity index (χ0n) is 19.4. The third-order valence-corrected chi connectivity index (χ3v) is 6.51. The van der Waals surface area contributed by atoms with Gasteiger partial charge in [0.15, 0.2) is 0 Å². The highest BCUT2D eigenvalue weighted by molar-refractivity contribution is 7.17. The zero-order chi connectivity index (χ0) is 23.0. The number of thiophene rings is 1. The minimum absolute atomic E-state index is 1.16. The second-order valence-corrected chi connectivity index (χ2v) is 8.66. The molecule has 0 atom stereocenters. The molecule has 5 aromatic rings. The fourth-order valence-electron chi connectivity index (χ4n) is 4.05. The number of aryl methyl sites for hydroxylation is 1. The number of nitrogens with zero attached hydrogens (tertiary/aromatic N) is 1. The molecular weight excluding hydrogens is 418 g/mol. The van der Waals surface area contributed by atoms with Crippen LogP contribution in [0, 0.1) is 6.92 Å². The van der Waals surface area contributed by atoms with Crippen molar-refractivity contribution < 1.29 is 0 Å². The summed E-state index contributed by atoms with van der Waals surface area (Å²) in [4.78, 5) is 3.70. The Hall–Kier alpha value is -3.62. The highest BCUT2D eigenvalue weighted by Gasteiger charge is 2.24. The van der Waals surface area contributed by atoms with E-state index in [4.69, 9.17) is 0 Å². The average Bonchev–Trinajstić information content (AvgIpc) is 3.24. The number of hydrogen-bond acceptors (Lipinski definition) is 2. The van der Waals surface area contributed by atoms with Crippen LogP contribution in [0.1, 0.15) is 18.7 Å². The molecule has 0 amide bonds. The molecule has 0 unspecified atom stereocenters. The number of para-hydroxylation sites is 2. The summed E-state index contributed by atoms with van der Waals surface area (Å²) < 4.78 is 0. The van der Waals surface area contributed by atoms with Crippen LogP contribution in [-0.4, -0.2) is 0 Å². The fraction of sp³-hybridized carbons (Fsp3) is 0.0968. The van der Waals surface area contributed by atoms with Crippen LogP contribution in [0.15, 0.2) is 121 Å². The smallest absolute Gasteiger partial charge is 0.109 e. The van der Waals surface area contributed by atoms with E-state index in [2.05, 4.69) is 133 Å². The lowest BCUT2D eigenvalue weighted by atomic mass is 9.96. The van der Waals surface area contributed by atoms with Gasteiger partial charge in [0, 0.05) is 27.4 Å². The molecule has 1 heterocycles. The van der Waals surface area contributed by atoms with Gasteiger partial charge in [-0.2, -0.15) is 0 Å². The first-order valence-electron chi connectivity index (χ1n) is 11.5. The Kier molecular flexibility index (Phi) is 7.39. The summed E-state index contributed by atoms with van der Waals surface area (Å²) in [5.41, 5.74) is 7.39. The second kappa shape index (κ2) is 10.8. The van der Waals surface area contributed by atoms with E-state index in [0.29, 0.717) is 0 Å². The van der Waals surface area contributed by atoms with Crippen molar-refractivity contribution in [3.8, 4) is 22.3 Å². The predicted molar refractivity (Wildman–Crippen MR) is 146 cm³/mol. The van der Waals surface area contributed by atoms with Gasteiger partial charge in [-0.3, -0.25) is 0 Å². The second-order valence-electron chi connectivity index (χ2n) is 7.45. The third-order valence-electron chi connectivity index (χ3n) is 5.42. The molecule has 4 aromatic carbocycles. The molecule has 33 heavy (non-hydrogen) atoms. The topological polar surface area (TPSA) is 3.24 Å². The van der Waals surface area contributed by atoms with Crippen molar-refractivity contribution in [1.29, 1.82) is 0 Å². The Balaban J connectivity index is 0.00000126. The average molecular weight is 448 g/mol. The molecular formula is C31H29NS. The lowest BCUT2D eigenvalue weighted by Gasteiger charge is -2.25. The Labute approximate surface area is 201 Å². The first-order valence-corrected chi connectivity index (χ1v) is 12.3. The van der Waals surface area contributed by atoms with E-state index in [1.54, 1.807) is 0 Å². The van der Waals surface area contributed by atoms with Crippen LogP contribution in [0.25, 0.3) is 22.3 Å². The number of hydrogen-bond donors (Lipinski definition) is 0. The molecule has 0 aliphatic heterocycles. The Morgan fingerprint density at radius 3 is 1.27 bits per heavy atom. The summed E-state index contributed by atoms with van der Waals surface area (Å²) in [5, 5.41) is 1.24. The van der Waals surface area contributed by atoms with E-state index in [1.165, 1.54) is 32.1 Å². The molecule has 1 aromatic heterocycles. The number of benzene rings is 4. The van der Waals surface area contributed by atoms with Gasteiger partial charge in [-0.05, 0) is 42.3 Å². The van der Waals surface area contributed by atoms with Gasteiger partial charge in [0.05, 0.1) is 0 Å². The standard InChI is InChI=1S/C29H23NS.C2H6/c1-22-27(23-14-6-2-7-15-23)28(24-16-8-3-9-17-24)29(31-22)30(25-18-10-4-11-19-25)26-20-12-5-13-21-26;1-2/h2-21H,1H3;1-2H3. The van der Waals surface area contributed by atoms with Crippen molar-refractivity contribution in [3.05, 3.63) is 126 Å². The monoisotopic (exact) mass is 447 g/mol. The van der Waals surface area contributed by atoms with E-state index in [1.807, 2.05) is 25.2 Å². The Morgan fingerprint density at radius 1 is 0.485 bits per heavy atom. The molecule has 0 fully saturated rings. The molecule has 0 saturated carbocycles. The summed E-state index contributed by atoms with van der Waals surface area (Å²) in [6.07, 6.45) is 0. The van der Waals surface area contributed by atoms with Crippen LogP contribution in [-0.2, 0) is 0 Å². The zero-order valence-corrected chi connectivity index (χ0v) is 20.2. The molecule has 1 nitrogen and oxygen atoms in total. The normalized spacial score (nSPS) is 10.3. The van der Waals surface area contributed by atoms with E-state index in [9.17, 15) is 0 Å². The SMILES string of the molecule is CC.Cc1sc(N(c2ccccc2)c2ccccc2)c(-c2ccccc2)c1-c1ccccc1. The quantitative estimate of drug-likeness (QED) is 0.259. The largest absolute Gasteiger partial charge is 0.301 e. The van der Waals surface area contributed by atoms with Gasteiger partial charge in [-0.1, -0.05) is 111 Å². The maximum Gasteiger partial charge on any atom is 0.109 e. The molecule has 2 heteroatoms. The van der Waals surface area contributed by atoms with E-state index in [0.717, 1.165) is 11.4 Å². The van der Waals surface area contributed by atoms with Crippen LogP contribution >= 0.6 is 11.3 Å². The first-order chi connectivity index (χ1) is 16.3. The molecule has 5 rings (SSSR count). The summed E-state index contributed by atoms with van der Waals surface area (Å²) in [6.45, 7) is 6.23. The lowest BCUT2D eigenvalue weighted by molar-refractivity contribution is 1.32.